The number of nitrogen functional groups attached to an aromatic ring is 1. The van der Waals surface area contributed by atoms with Gasteiger partial charge in [0.15, 0.2) is 5.58 Å². The summed E-state index contributed by atoms with van der Waals surface area (Å²) in [5.41, 5.74) is 7.93. The third-order valence-corrected chi connectivity index (χ3v) is 4.77. The highest BCUT2D eigenvalue weighted by Gasteiger charge is 2.11. The van der Waals surface area contributed by atoms with Gasteiger partial charge < -0.3 is 20.2 Å². The van der Waals surface area contributed by atoms with Gasteiger partial charge in [0.2, 0.25) is 11.9 Å². The number of nitrogens with one attached hydrogen (secondary N) is 1. The normalized spacial score (nSPS) is 10.9. The molecular weight excluding hydrogens is 400 g/mol. The Labute approximate surface area is 169 Å². The molecule has 0 aliphatic carbocycles. The maximum Gasteiger partial charge on any atom is 0.257 e. The molecule has 0 unspecified atom stereocenters. The van der Waals surface area contributed by atoms with Gasteiger partial charge in [-0.25, -0.2) is 4.98 Å². The van der Waals surface area contributed by atoms with Crippen LogP contribution in [0.5, 0.6) is 5.75 Å². The van der Waals surface area contributed by atoms with Crippen molar-refractivity contribution in [2.45, 2.75) is 11.0 Å². The predicted molar refractivity (Wildman–Crippen MR) is 109 cm³/mol. The van der Waals surface area contributed by atoms with Crippen LogP contribution in [0.1, 0.15) is 5.82 Å². The van der Waals surface area contributed by atoms with Crippen molar-refractivity contribution in [3.05, 3.63) is 53.3 Å². The van der Waals surface area contributed by atoms with E-state index in [9.17, 15) is 0 Å². The van der Waals surface area contributed by atoms with Gasteiger partial charge in [-0.1, -0.05) is 35.5 Å². The van der Waals surface area contributed by atoms with Crippen LogP contribution in [0.25, 0.3) is 11.1 Å². The summed E-state index contributed by atoms with van der Waals surface area (Å²) in [6.45, 7) is 0. The molecule has 0 bridgehead atoms. The zero-order chi connectivity index (χ0) is 19.5. The number of thioether (sulfide) groups is 1. The maximum absolute atomic E-state index is 5.97. The van der Waals surface area contributed by atoms with Crippen LogP contribution in [0, 0.1) is 0 Å². The van der Waals surface area contributed by atoms with Crippen LogP contribution >= 0.6 is 23.4 Å². The first-order chi connectivity index (χ1) is 13.6. The number of hydrogen-bond donors (Lipinski definition) is 2. The molecule has 0 spiro atoms. The summed E-state index contributed by atoms with van der Waals surface area (Å²) in [7, 11) is 1.60. The van der Waals surface area contributed by atoms with Crippen LogP contribution in [-0.2, 0) is 5.75 Å². The first-order valence-corrected chi connectivity index (χ1v) is 9.56. The second kappa shape index (κ2) is 7.91. The third kappa shape index (κ3) is 4.10. The Kier molecular flexibility index (Phi) is 5.18. The lowest BCUT2D eigenvalue weighted by molar-refractivity contribution is 0.417. The van der Waals surface area contributed by atoms with E-state index in [1.165, 1.54) is 11.8 Å². The molecule has 0 aliphatic heterocycles. The number of hydrogen-bond acceptors (Lipinski definition) is 9. The molecule has 142 valence electrons. The summed E-state index contributed by atoms with van der Waals surface area (Å²) in [6.07, 6.45) is 0. The van der Waals surface area contributed by atoms with Gasteiger partial charge in [-0.2, -0.15) is 15.0 Å². The average Bonchev–Trinajstić information content (AvgIpc) is 3.08. The summed E-state index contributed by atoms with van der Waals surface area (Å²) in [5, 5.41) is 4.19. The zero-order valence-electron chi connectivity index (χ0n) is 14.7. The topological polar surface area (TPSA) is 112 Å². The molecule has 10 heteroatoms. The van der Waals surface area contributed by atoms with E-state index in [4.69, 9.17) is 26.5 Å². The lowest BCUT2D eigenvalue weighted by atomic mass is 10.3. The van der Waals surface area contributed by atoms with E-state index in [2.05, 4.69) is 25.3 Å². The highest BCUT2D eigenvalue weighted by Crippen LogP contribution is 2.28. The molecule has 4 rings (SSSR count). The molecular formula is C18H15ClN6O2S. The van der Waals surface area contributed by atoms with E-state index in [1.54, 1.807) is 25.3 Å². The molecule has 28 heavy (non-hydrogen) atoms. The Bertz CT molecular complexity index is 1140. The monoisotopic (exact) mass is 414 g/mol. The molecule has 0 fully saturated rings. The number of nitrogens with two attached hydrogens (primary N) is 1. The third-order valence-electron chi connectivity index (χ3n) is 3.71. The average molecular weight is 415 g/mol. The van der Waals surface area contributed by atoms with Crippen molar-refractivity contribution < 1.29 is 9.15 Å². The Morgan fingerprint density at radius 1 is 1.14 bits per heavy atom. The predicted octanol–water partition coefficient (Wildman–Crippen LogP) is 4.29. The quantitative estimate of drug-likeness (QED) is 0.446. The largest absolute Gasteiger partial charge is 0.495 e. The molecule has 0 aliphatic rings. The fourth-order valence-electron chi connectivity index (χ4n) is 2.49. The number of para-hydroxylation sites is 2. The number of ether oxygens (including phenoxy) is 1. The summed E-state index contributed by atoms with van der Waals surface area (Å²) >= 11 is 7.33. The number of benzene rings is 2. The minimum Gasteiger partial charge on any atom is -0.495 e. The molecule has 0 saturated heterocycles. The number of nitrogens with zero attached hydrogens (tertiary/aromatic N) is 4. The van der Waals surface area contributed by atoms with E-state index in [-0.39, 0.29) is 5.95 Å². The maximum atomic E-state index is 5.97. The second-order valence-electron chi connectivity index (χ2n) is 5.64. The molecule has 2 aromatic heterocycles. The van der Waals surface area contributed by atoms with Gasteiger partial charge in [0.1, 0.15) is 17.1 Å². The highest BCUT2D eigenvalue weighted by atomic mass is 35.5. The second-order valence-corrected chi connectivity index (χ2v) is 7.00. The van der Waals surface area contributed by atoms with Crippen molar-refractivity contribution in [3.8, 4) is 5.75 Å². The smallest absolute Gasteiger partial charge is 0.257 e. The highest BCUT2D eigenvalue weighted by molar-refractivity contribution is 7.98. The van der Waals surface area contributed by atoms with Gasteiger partial charge in [-0.3, -0.25) is 0 Å². The van der Waals surface area contributed by atoms with Crippen molar-refractivity contribution in [2.75, 3.05) is 18.2 Å². The Hall–Kier alpha value is -3.04. The number of methoxy groups -OCH3 is 1. The number of oxazole rings is 1. The Balaban J connectivity index is 1.51. The summed E-state index contributed by atoms with van der Waals surface area (Å²) < 4.78 is 11.0. The van der Waals surface area contributed by atoms with Crippen molar-refractivity contribution >= 4 is 52.0 Å². The van der Waals surface area contributed by atoms with Gasteiger partial charge in [0, 0.05) is 11.1 Å². The van der Waals surface area contributed by atoms with Gasteiger partial charge in [0.25, 0.3) is 5.22 Å². The lowest BCUT2D eigenvalue weighted by Gasteiger charge is -2.10. The van der Waals surface area contributed by atoms with Crippen molar-refractivity contribution in [1.29, 1.82) is 0 Å². The number of halogens is 1. The van der Waals surface area contributed by atoms with Gasteiger partial charge >= 0.3 is 0 Å². The fraction of sp³-hybridized carbons (Fsp3) is 0.111. The van der Waals surface area contributed by atoms with Crippen LogP contribution in [0.3, 0.4) is 0 Å². The van der Waals surface area contributed by atoms with E-state index >= 15 is 0 Å². The van der Waals surface area contributed by atoms with Gasteiger partial charge in [-0.15, -0.1) is 0 Å². The van der Waals surface area contributed by atoms with Crippen LogP contribution in [-0.4, -0.2) is 27.0 Å². The number of fused-ring (bicyclic) bond motifs is 1. The van der Waals surface area contributed by atoms with Gasteiger partial charge in [0.05, 0.1) is 18.6 Å². The molecule has 0 saturated carbocycles. The lowest BCUT2D eigenvalue weighted by Crippen LogP contribution is -2.07. The molecule has 2 aromatic carbocycles. The summed E-state index contributed by atoms with van der Waals surface area (Å²) in [6, 6.07) is 12.8. The fourth-order valence-corrected chi connectivity index (χ4v) is 3.35. The number of aromatic nitrogens is 4. The molecule has 8 nitrogen and oxygen atoms in total. The first kappa shape index (κ1) is 18.3. The SMILES string of the molecule is COc1ccccc1Nc1nc(N)nc(CSc2nc3ccc(Cl)cc3o2)n1. The van der Waals surface area contributed by atoms with E-state index in [1.807, 2.05) is 24.3 Å². The summed E-state index contributed by atoms with van der Waals surface area (Å²) in [4.78, 5) is 17.1. The van der Waals surface area contributed by atoms with Crippen LogP contribution in [0.15, 0.2) is 52.1 Å². The minimum atomic E-state index is 0.118. The zero-order valence-corrected chi connectivity index (χ0v) is 16.3. The number of rotatable bonds is 6. The van der Waals surface area contributed by atoms with Crippen LogP contribution in [0.2, 0.25) is 5.02 Å². The molecule has 0 atom stereocenters. The van der Waals surface area contributed by atoms with Crippen LogP contribution < -0.4 is 15.8 Å². The van der Waals surface area contributed by atoms with E-state index < -0.39 is 0 Å². The molecule has 4 aromatic rings. The Morgan fingerprint density at radius 3 is 2.86 bits per heavy atom. The first-order valence-electron chi connectivity index (χ1n) is 8.20. The number of anilines is 3. The Morgan fingerprint density at radius 2 is 2.00 bits per heavy atom. The van der Waals surface area contributed by atoms with Gasteiger partial charge in [-0.05, 0) is 24.3 Å². The minimum absolute atomic E-state index is 0.118. The van der Waals surface area contributed by atoms with Crippen molar-refractivity contribution in [2.24, 2.45) is 0 Å². The molecule has 3 N–H and O–H groups in total. The van der Waals surface area contributed by atoms with E-state index in [0.717, 1.165) is 11.2 Å². The molecule has 2 heterocycles. The van der Waals surface area contributed by atoms with Crippen LogP contribution in [0.4, 0.5) is 17.6 Å². The van der Waals surface area contributed by atoms with E-state index in [0.29, 0.717) is 39.1 Å². The molecule has 0 radical (unpaired) electrons. The standard InChI is InChI=1S/C18H15ClN6O2S/c1-26-13-5-3-2-4-11(13)21-17-24-15(23-16(20)25-17)9-28-18-22-12-7-6-10(19)8-14(12)27-18/h2-8H,9H2,1H3,(H3,20,21,23,24,25). The summed E-state index contributed by atoms with van der Waals surface area (Å²) in [5.74, 6) is 2.02. The molecule has 0 amide bonds. The van der Waals surface area contributed by atoms with Crippen molar-refractivity contribution in [3.63, 3.8) is 0 Å². The van der Waals surface area contributed by atoms with Crippen molar-refractivity contribution in [1.82, 2.24) is 19.9 Å².